The molecule has 0 heterocycles. The van der Waals surface area contributed by atoms with Crippen LogP contribution in [-0.2, 0) is 4.79 Å². The van der Waals surface area contributed by atoms with Crippen molar-refractivity contribution >= 4 is 5.78 Å². The van der Waals surface area contributed by atoms with Crippen molar-refractivity contribution in [3.05, 3.63) is 7.43 Å². The lowest BCUT2D eigenvalue weighted by Crippen LogP contribution is -1.69. The minimum Gasteiger partial charge on any atom is -0.300 e. The number of hydrogen-bond donors (Lipinski definition) is 0. The third kappa shape index (κ3) is 94.0. The van der Waals surface area contributed by atoms with Crippen molar-refractivity contribution in [3.8, 4) is 0 Å². The molecule has 0 aromatic carbocycles. The molecule has 0 aliphatic carbocycles. The Kier molecular flexibility index (Phi) is 6.48. The minimum atomic E-state index is 0. The van der Waals surface area contributed by atoms with Gasteiger partial charge < -0.3 is 4.79 Å². The molecule has 0 spiro atoms. The summed E-state index contributed by atoms with van der Waals surface area (Å²) in [4.78, 5) is 9.44. The number of rotatable bonds is 0. The Morgan fingerprint density at radius 3 is 1.40 bits per heavy atom. The van der Waals surface area contributed by atoms with Gasteiger partial charge in [0.05, 0.1) is 0 Å². The number of carbonyl (C=O) groups excluding carboxylic acids is 1. The fourth-order valence-corrected chi connectivity index (χ4v) is 0. The van der Waals surface area contributed by atoms with E-state index in [0.29, 0.717) is 0 Å². The molecule has 31 valence electrons. The molecule has 1 heteroatoms. The van der Waals surface area contributed by atoms with Crippen molar-refractivity contribution in [1.29, 1.82) is 0 Å². The summed E-state index contributed by atoms with van der Waals surface area (Å²) < 4.78 is 0. The summed E-state index contributed by atoms with van der Waals surface area (Å²) in [5, 5.41) is 0. The summed E-state index contributed by atoms with van der Waals surface area (Å²) in [6.07, 6.45) is 0. The van der Waals surface area contributed by atoms with E-state index >= 15 is 0 Å². The van der Waals surface area contributed by atoms with Crippen LogP contribution in [0.25, 0.3) is 0 Å². The maximum atomic E-state index is 9.44. The lowest BCUT2D eigenvalue weighted by molar-refractivity contribution is -0.114. The molecule has 1 radical (unpaired) electrons. The van der Waals surface area contributed by atoms with Gasteiger partial charge in [0, 0.05) is 0 Å². The molecular weight excluding hydrogens is 64.0 g/mol. The van der Waals surface area contributed by atoms with E-state index in [9.17, 15) is 4.79 Å². The van der Waals surface area contributed by atoms with E-state index in [0.717, 1.165) is 0 Å². The third-order valence-corrected chi connectivity index (χ3v) is 0. The third-order valence-electron chi connectivity index (χ3n) is 0. The van der Waals surface area contributed by atoms with E-state index in [2.05, 4.69) is 0 Å². The van der Waals surface area contributed by atoms with Crippen LogP contribution in [0, 0.1) is 7.43 Å². The van der Waals surface area contributed by atoms with Crippen molar-refractivity contribution in [2.24, 2.45) is 0 Å². The highest BCUT2D eigenvalue weighted by molar-refractivity contribution is 5.72. The second kappa shape index (κ2) is 3.67. The van der Waals surface area contributed by atoms with Crippen molar-refractivity contribution in [2.75, 3.05) is 0 Å². The standard InChI is InChI=1S/C3H6O.CH3/c1-3(2)4;/h1-2H3;1H3. The quantitative estimate of drug-likeness (QED) is 0.419. The number of ketones is 1. The number of hydrogen-bond acceptors (Lipinski definition) is 1. The van der Waals surface area contributed by atoms with E-state index in [1.165, 1.54) is 13.8 Å². The summed E-state index contributed by atoms with van der Waals surface area (Å²) in [6.45, 7) is 3.06. The Bertz CT molecular complexity index is 26.6. The minimum absolute atomic E-state index is 0. The molecule has 0 atom stereocenters. The van der Waals surface area contributed by atoms with Gasteiger partial charge in [-0.2, -0.15) is 0 Å². The van der Waals surface area contributed by atoms with Crippen molar-refractivity contribution in [1.82, 2.24) is 0 Å². The molecule has 1 nitrogen and oxygen atoms in total. The summed E-state index contributed by atoms with van der Waals surface area (Å²) in [6, 6.07) is 0. The molecule has 0 aliphatic rings. The lowest BCUT2D eigenvalue weighted by Gasteiger charge is -1.56. The van der Waals surface area contributed by atoms with Crippen LogP contribution in [0.5, 0.6) is 0 Å². The van der Waals surface area contributed by atoms with Crippen molar-refractivity contribution < 1.29 is 4.79 Å². The summed E-state index contributed by atoms with van der Waals surface area (Å²) in [7, 11) is 0. The molecule has 5 heavy (non-hydrogen) atoms. The molecule has 0 saturated carbocycles. The molecule has 0 saturated heterocycles. The Morgan fingerprint density at radius 1 is 1.40 bits per heavy atom. The highest BCUT2D eigenvalue weighted by Gasteiger charge is 1.62. The van der Waals surface area contributed by atoms with Crippen LogP contribution in [0.3, 0.4) is 0 Å². The van der Waals surface area contributed by atoms with E-state index in [-0.39, 0.29) is 13.2 Å². The highest BCUT2D eigenvalue weighted by atomic mass is 16.1. The van der Waals surface area contributed by atoms with Gasteiger partial charge in [0.1, 0.15) is 5.78 Å². The second-order valence-corrected chi connectivity index (χ2v) is 0.908. The number of carbonyl (C=O) groups is 1. The zero-order chi connectivity index (χ0) is 3.58. The van der Waals surface area contributed by atoms with Crippen LogP contribution in [0.2, 0.25) is 0 Å². The summed E-state index contributed by atoms with van der Waals surface area (Å²) >= 11 is 0. The predicted molar refractivity (Wildman–Crippen MR) is 22.8 cm³/mol. The van der Waals surface area contributed by atoms with Crippen LogP contribution in [-0.4, -0.2) is 5.78 Å². The first-order valence-corrected chi connectivity index (χ1v) is 1.20. The van der Waals surface area contributed by atoms with Crippen molar-refractivity contribution in [2.45, 2.75) is 13.8 Å². The smallest absolute Gasteiger partial charge is 0.126 e. The molecular formula is C4H9O. The first-order valence-electron chi connectivity index (χ1n) is 1.20. The molecule has 0 fully saturated rings. The van der Waals surface area contributed by atoms with Crippen LogP contribution < -0.4 is 0 Å². The molecule has 0 bridgehead atoms. The average molecular weight is 73.1 g/mol. The molecule has 0 aliphatic heterocycles. The van der Waals surface area contributed by atoms with Crippen LogP contribution in [0.4, 0.5) is 0 Å². The predicted octanol–water partition coefficient (Wildman–Crippen LogP) is 1.05. The van der Waals surface area contributed by atoms with E-state index in [1.54, 1.807) is 0 Å². The Balaban J connectivity index is 0. The molecule has 0 rings (SSSR count). The maximum Gasteiger partial charge on any atom is 0.126 e. The van der Waals surface area contributed by atoms with Gasteiger partial charge in [0.15, 0.2) is 0 Å². The normalized spacial score (nSPS) is 5.20. The Hall–Kier alpha value is -0.330. The Morgan fingerprint density at radius 2 is 1.40 bits per heavy atom. The fourth-order valence-electron chi connectivity index (χ4n) is 0. The van der Waals surface area contributed by atoms with Crippen LogP contribution >= 0.6 is 0 Å². The molecule has 0 aromatic heterocycles. The largest absolute Gasteiger partial charge is 0.300 e. The van der Waals surface area contributed by atoms with Gasteiger partial charge in [-0.1, -0.05) is 7.43 Å². The van der Waals surface area contributed by atoms with Gasteiger partial charge in [-0.15, -0.1) is 0 Å². The zero-order valence-electron chi connectivity index (χ0n) is 3.91. The van der Waals surface area contributed by atoms with Gasteiger partial charge in [-0.05, 0) is 13.8 Å². The van der Waals surface area contributed by atoms with Gasteiger partial charge in [0.25, 0.3) is 0 Å². The first kappa shape index (κ1) is 8.82. The van der Waals surface area contributed by atoms with Gasteiger partial charge in [-0.3, -0.25) is 0 Å². The number of Topliss-reactive ketones (excluding diaryl/α,β-unsaturated/α-hetero) is 1. The van der Waals surface area contributed by atoms with Gasteiger partial charge in [-0.25, -0.2) is 0 Å². The summed E-state index contributed by atoms with van der Waals surface area (Å²) in [5.74, 6) is 0.167. The molecule has 0 aromatic rings. The van der Waals surface area contributed by atoms with Gasteiger partial charge >= 0.3 is 0 Å². The van der Waals surface area contributed by atoms with Crippen LogP contribution in [0.15, 0.2) is 0 Å². The molecule has 0 amide bonds. The second-order valence-electron chi connectivity index (χ2n) is 0.908. The van der Waals surface area contributed by atoms with E-state index in [1.807, 2.05) is 0 Å². The van der Waals surface area contributed by atoms with Crippen molar-refractivity contribution in [3.63, 3.8) is 0 Å². The SMILES string of the molecule is CC(C)=O.[CH3]. The first-order chi connectivity index (χ1) is 1.73. The topological polar surface area (TPSA) is 17.1 Å². The zero-order valence-corrected chi connectivity index (χ0v) is 3.91. The van der Waals surface area contributed by atoms with Crippen LogP contribution in [0.1, 0.15) is 13.8 Å². The monoisotopic (exact) mass is 73.1 g/mol. The maximum absolute atomic E-state index is 9.44. The highest BCUT2D eigenvalue weighted by Crippen LogP contribution is 1.50. The average Bonchev–Trinajstić information content (AvgIpc) is 0.811. The summed E-state index contributed by atoms with van der Waals surface area (Å²) in [5.41, 5.74) is 0. The molecule has 0 unspecified atom stereocenters. The lowest BCUT2D eigenvalue weighted by atomic mass is 10.6. The van der Waals surface area contributed by atoms with E-state index < -0.39 is 0 Å². The van der Waals surface area contributed by atoms with Gasteiger partial charge in [0.2, 0.25) is 0 Å². The molecule has 0 N–H and O–H groups in total. The van der Waals surface area contributed by atoms with E-state index in [4.69, 9.17) is 0 Å². The fraction of sp³-hybridized carbons (Fsp3) is 0.500. The Labute approximate surface area is 33.0 Å².